The fraction of sp³-hybridized carbons (Fsp3) is 0.158. The van der Waals surface area contributed by atoms with E-state index >= 15 is 4.39 Å². The van der Waals surface area contributed by atoms with Gasteiger partial charge in [-0.25, -0.2) is 23.6 Å². The Bertz CT molecular complexity index is 1120. The molecule has 12 heteroatoms. The number of carbonyl (C=O) groups excluding carboxylic acids is 4. The summed E-state index contributed by atoms with van der Waals surface area (Å²) in [6.07, 6.45) is -6.41. The van der Waals surface area contributed by atoms with Crippen LogP contribution in [0, 0.1) is 0 Å². The van der Waals surface area contributed by atoms with E-state index in [0.29, 0.717) is 36.4 Å². The third kappa shape index (κ3) is 2.67. The van der Waals surface area contributed by atoms with E-state index in [1.807, 2.05) is 0 Å². The minimum Gasteiger partial charge on any atom is -0.386 e. The van der Waals surface area contributed by atoms with Crippen LogP contribution >= 0.6 is 0 Å². The SMILES string of the molecule is O=C1OC(=O)c2cc(C(F)(c3ccc4c(c3)C(=O)OC4=O)C(F)(F)C(F)(F)F)ccc21. The summed E-state index contributed by atoms with van der Waals surface area (Å²) in [4.78, 5) is 46.4. The molecule has 2 aliphatic rings. The molecular formula is C19H6F6O6. The molecule has 31 heavy (non-hydrogen) atoms. The van der Waals surface area contributed by atoms with E-state index in [9.17, 15) is 41.1 Å². The van der Waals surface area contributed by atoms with Crippen molar-refractivity contribution in [1.29, 1.82) is 0 Å². The van der Waals surface area contributed by atoms with Crippen LogP contribution in [0.3, 0.4) is 0 Å². The van der Waals surface area contributed by atoms with Gasteiger partial charge in [0.2, 0.25) is 5.67 Å². The van der Waals surface area contributed by atoms with E-state index in [1.54, 1.807) is 0 Å². The zero-order valence-electron chi connectivity index (χ0n) is 14.7. The first kappa shape index (κ1) is 20.6. The number of ether oxygens (including phenoxy) is 2. The molecule has 0 radical (unpaired) electrons. The molecule has 0 saturated heterocycles. The fourth-order valence-corrected chi connectivity index (χ4v) is 3.32. The molecule has 2 aromatic carbocycles. The van der Waals surface area contributed by atoms with E-state index in [1.165, 1.54) is 0 Å². The second kappa shape index (κ2) is 6.15. The number of hydrogen-bond acceptors (Lipinski definition) is 6. The first-order valence-corrected chi connectivity index (χ1v) is 8.24. The third-order valence-electron chi connectivity index (χ3n) is 4.87. The number of cyclic esters (lactones) is 4. The highest BCUT2D eigenvalue weighted by molar-refractivity contribution is 6.15. The summed E-state index contributed by atoms with van der Waals surface area (Å²) in [6, 6.07) is 2.97. The number of alkyl halides is 6. The minimum absolute atomic E-state index is 0.346. The highest BCUT2D eigenvalue weighted by Gasteiger charge is 2.73. The van der Waals surface area contributed by atoms with Crippen LogP contribution in [0.2, 0.25) is 0 Å². The monoisotopic (exact) mass is 444 g/mol. The molecule has 6 nitrogen and oxygen atoms in total. The summed E-state index contributed by atoms with van der Waals surface area (Å²) in [5, 5.41) is 0. The molecule has 2 heterocycles. The number of esters is 4. The first-order chi connectivity index (χ1) is 14.3. The predicted octanol–water partition coefficient (Wildman–Crippen LogP) is 3.72. The molecule has 0 N–H and O–H groups in total. The van der Waals surface area contributed by atoms with Crippen molar-refractivity contribution in [3.63, 3.8) is 0 Å². The van der Waals surface area contributed by atoms with Crippen LogP contribution < -0.4 is 0 Å². The summed E-state index contributed by atoms with van der Waals surface area (Å²) in [5.74, 6) is -11.2. The number of fused-ring (bicyclic) bond motifs is 2. The smallest absolute Gasteiger partial charge is 0.386 e. The average Bonchev–Trinajstić information content (AvgIpc) is 3.14. The van der Waals surface area contributed by atoms with Gasteiger partial charge < -0.3 is 9.47 Å². The lowest BCUT2D eigenvalue weighted by Gasteiger charge is -2.35. The maximum absolute atomic E-state index is 16.0. The van der Waals surface area contributed by atoms with E-state index in [4.69, 9.17) is 0 Å². The van der Waals surface area contributed by atoms with Crippen LogP contribution in [0.1, 0.15) is 52.6 Å². The predicted molar refractivity (Wildman–Crippen MR) is 85.3 cm³/mol. The topological polar surface area (TPSA) is 86.7 Å². The Kier molecular flexibility index (Phi) is 4.08. The molecule has 0 spiro atoms. The van der Waals surface area contributed by atoms with Crippen molar-refractivity contribution in [2.45, 2.75) is 17.8 Å². The van der Waals surface area contributed by atoms with Gasteiger partial charge in [-0.15, -0.1) is 0 Å². The van der Waals surface area contributed by atoms with Gasteiger partial charge in [0.25, 0.3) is 0 Å². The van der Waals surface area contributed by atoms with E-state index in [0.717, 1.165) is 0 Å². The number of benzene rings is 2. The Balaban J connectivity index is 2.00. The Labute approximate surface area is 167 Å². The van der Waals surface area contributed by atoms with E-state index in [-0.39, 0.29) is 0 Å². The quantitative estimate of drug-likeness (QED) is 0.408. The number of halogens is 6. The Morgan fingerprint density at radius 2 is 0.903 bits per heavy atom. The van der Waals surface area contributed by atoms with Gasteiger partial charge in [-0.05, 0) is 24.3 Å². The average molecular weight is 444 g/mol. The third-order valence-corrected chi connectivity index (χ3v) is 4.87. The highest BCUT2D eigenvalue weighted by Crippen LogP contribution is 2.55. The normalized spacial score (nSPS) is 16.2. The van der Waals surface area contributed by atoms with Crippen molar-refractivity contribution >= 4 is 23.9 Å². The van der Waals surface area contributed by atoms with Gasteiger partial charge in [-0.2, -0.15) is 22.0 Å². The number of hydrogen-bond donors (Lipinski definition) is 0. The molecular weight excluding hydrogens is 438 g/mol. The molecule has 2 aliphatic heterocycles. The lowest BCUT2D eigenvalue weighted by atomic mass is 9.80. The molecule has 4 rings (SSSR count). The van der Waals surface area contributed by atoms with Gasteiger partial charge in [0.15, 0.2) is 0 Å². The summed E-state index contributed by atoms with van der Waals surface area (Å²) in [6.45, 7) is 0. The number of carbonyl (C=O) groups is 4. The van der Waals surface area contributed by atoms with Crippen LogP contribution in [0.15, 0.2) is 36.4 Å². The fourth-order valence-electron chi connectivity index (χ4n) is 3.32. The summed E-state index contributed by atoms with van der Waals surface area (Å²) >= 11 is 0. The van der Waals surface area contributed by atoms with Crippen molar-refractivity contribution in [3.05, 3.63) is 69.8 Å². The summed E-state index contributed by atoms with van der Waals surface area (Å²) in [5.41, 5.74) is -9.65. The molecule has 160 valence electrons. The Hall–Kier alpha value is -3.70. The van der Waals surface area contributed by atoms with Crippen LogP contribution in [0.4, 0.5) is 26.3 Å². The minimum atomic E-state index is -6.41. The van der Waals surface area contributed by atoms with Crippen LogP contribution in [-0.2, 0) is 15.1 Å². The van der Waals surface area contributed by atoms with Gasteiger partial charge in [0.1, 0.15) is 0 Å². The zero-order valence-corrected chi connectivity index (χ0v) is 14.7. The molecule has 0 aliphatic carbocycles. The Morgan fingerprint density at radius 1 is 0.548 bits per heavy atom. The van der Waals surface area contributed by atoms with Crippen molar-refractivity contribution in [1.82, 2.24) is 0 Å². The van der Waals surface area contributed by atoms with Gasteiger partial charge in [-0.1, -0.05) is 12.1 Å². The molecule has 0 atom stereocenters. The van der Waals surface area contributed by atoms with Crippen LogP contribution in [0.25, 0.3) is 0 Å². The van der Waals surface area contributed by atoms with Crippen molar-refractivity contribution in [2.24, 2.45) is 0 Å². The van der Waals surface area contributed by atoms with E-state index in [2.05, 4.69) is 9.47 Å². The van der Waals surface area contributed by atoms with E-state index < -0.39 is 75.0 Å². The van der Waals surface area contributed by atoms with Gasteiger partial charge in [0, 0.05) is 11.1 Å². The lowest BCUT2D eigenvalue weighted by molar-refractivity contribution is -0.323. The zero-order chi connectivity index (χ0) is 22.9. The van der Waals surface area contributed by atoms with Gasteiger partial charge in [0.05, 0.1) is 22.3 Å². The number of rotatable bonds is 3. The molecule has 0 amide bonds. The van der Waals surface area contributed by atoms with Crippen molar-refractivity contribution in [2.75, 3.05) is 0 Å². The van der Waals surface area contributed by atoms with Crippen LogP contribution in [0.5, 0.6) is 0 Å². The second-order valence-corrected chi connectivity index (χ2v) is 6.61. The second-order valence-electron chi connectivity index (χ2n) is 6.61. The molecule has 0 aromatic heterocycles. The standard InChI is InChI=1S/C19H6F6O6/c20-17(18(21,22)19(23,24)25,7-1-3-9-11(5-7)15(28)30-13(9)26)8-2-4-10-12(6-8)16(29)31-14(10)27/h1-6H. The van der Waals surface area contributed by atoms with Crippen molar-refractivity contribution in [3.8, 4) is 0 Å². The lowest BCUT2D eigenvalue weighted by Crippen LogP contribution is -2.53. The maximum atomic E-state index is 16.0. The van der Waals surface area contributed by atoms with Crippen LogP contribution in [-0.4, -0.2) is 36.0 Å². The molecule has 2 aromatic rings. The largest absolute Gasteiger partial charge is 0.457 e. The Morgan fingerprint density at radius 3 is 1.26 bits per heavy atom. The first-order valence-electron chi connectivity index (χ1n) is 8.24. The maximum Gasteiger partial charge on any atom is 0.457 e. The highest BCUT2D eigenvalue weighted by atomic mass is 19.4. The molecule has 0 bridgehead atoms. The molecule has 0 unspecified atom stereocenters. The summed E-state index contributed by atoms with van der Waals surface area (Å²) in [7, 11) is 0. The van der Waals surface area contributed by atoms with Crippen molar-refractivity contribution < 1.29 is 55.0 Å². The van der Waals surface area contributed by atoms with Gasteiger partial charge in [-0.3, -0.25) is 0 Å². The molecule has 0 saturated carbocycles. The summed E-state index contributed by atoms with van der Waals surface area (Å²) < 4.78 is 93.2. The molecule has 0 fully saturated rings. The van der Waals surface area contributed by atoms with Gasteiger partial charge >= 0.3 is 36.0 Å².